The lowest BCUT2D eigenvalue weighted by Crippen LogP contribution is -2.29. The van der Waals surface area contributed by atoms with Crippen molar-refractivity contribution in [1.29, 1.82) is 0 Å². The minimum atomic E-state index is -0.0119. The molecule has 1 heterocycles. The number of rotatable bonds is 5. The fourth-order valence-electron chi connectivity index (χ4n) is 1.73. The molecule has 1 saturated heterocycles. The van der Waals surface area contributed by atoms with E-state index in [0.29, 0.717) is 24.9 Å². The van der Waals surface area contributed by atoms with Gasteiger partial charge in [0.2, 0.25) is 0 Å². The average molecular weight is 213 g/mol. The number of carbonyl (C=O) groups excluding carboxylic acids is 1. The highest BCUT2D eigenvalue weighted by molar-refractivity contribution is 5.69. The lowest BCUT2D eigenvalue weighted by atomic mass is 9.95. The second-order valence-corrected chi connectivity index (χ2v) is 4.59. The zero-order valence-corrected chi connectivity index (χ0v) is 9.92. The van der Waals surface area contributed by atoms with Crippen LogP contribution >= 0.6 is 0 Å². The number of esters is 1. The Hall–Kier alpha value is -0.570. The summed E-state index contributed by atoms with van der Waals surface area (Å²) in [6.45, 7) is 6.90. The van der Waals surface area contributed by atoms with E-state index >= 15 is 0 Å². The number of piperidine rings is 1. The van der Waals surface area contributed by atoms with Crippen molar-refractivity contribution < 1.29 is 9.53 Å². The maximum absolute atomic E-state index is 11.5. The van der Waals surface area contributed by atoms with Gasteiger partial charge in [0.25, 0.3) is 0 Å². The van der Waals surface area contributed by atoms with Gasteiger partial charge < -0.3 is 10.1 Å². The maximum Gasteiger partial charge on any atom is 0.306 e. The van der Waals surface area contributed by atoms with Gasteiger partial charge in [-0.05, 0) is 37.8 Å². The number of ether oxygens (including phenoxy) is 1. The summed E-state index contributed by atoms with van der Waals surface area (Å²) in [7, 11) is 0. The van der Waals surface area contributed by atoms with E-state index in [-0.39, 0.29) is 5.97 Å². The van der Waals surface area contributed by atoms with Crippen LogP contribution in [0.3, 0.4) is 0 Å². The number of hydrogen-bond donors (Lipinski definition) is 1. The SMILES string of the molecule is CCC(C)COC(=O)CC1CCNCC1. The summed E-state index contributed by atoms with van der Waals surface area (Å²) in [4.78, 5) is 11.5. The van der Waals surface area contributed by atoms with Crippen LogP contribution in [-0.2, 0) is 9.53 Å². The third-order valence-electron chi connectivity index (χ3n) is 3.14. The first-order chi connectivity index (χ1) is 7.22. The molecule has 3 heteroatoms. The molecule has 1 N–H and O–H groups in total. The standard InChI is InChI=1S/C12H23NO2/c1-3-10(2)9-15-12(14)8-11-4-6-13-7-5-11/h10-11,13H,3-9H2,1-2H3. The quantitative estimate of drug-likeness (QED) is 0.710. The van der Waals surface area contributed by atoms with Crippen LogP contribution in [0, 0.1) is 11.8 Å². The Morgan fingerprint density at radius 3 is 2.73 bits per heavy atom. The van der Waals surface area contributed by atoms with E-state index in [1.807, 2.05) is 0 Å². The summed E-state index contributed by atoms with van der Waals surface area (Å²) in [5.74, 6) is 1.01. The van der Waals surface area contributed by atoms with E-state index in [4.69, 9.17) is 4.74 Å². The highest BCUT2D eigenvalue weighted by Gasteiger charge is 2.17. The first kappa shape index (κ1) is 12.5. The van der Waals surface area contributed by atoms with Gasteiger partial charge in [0.1, 0.15) is 0 Å². The van der Waals surface area contributed by atoms with Crippen LogP contribution in [-0.4, -0.2) is 25.7 Å². The van der Waals surface area contributed by atoms with Gasteiger partial charge in [0.05, 0.1) is 6.61 Å². The first-order valence-electron chi connectivity index (χ1n) is 6.08. The van der Waals surface area contributed by atoms with Crippen molar-refractivity contribution in [2.45, 2.75) is 39.5 Å². The molecule has 1 fully saturated rings. The highest BCUT2D eigenvalue weighted by Crippen LogP contribution is 2.16. The van der Waals surface area contributed by atoms with Gasteiger partial charge in [0, 0.05) is 6.42 Å². The smallest absolute Gasteiger partial charge is 0.306 e. The number of carbonyl (C=O) groups is 1. The molecule has 0 bridgehead atoms. The fraction of sp³-hybridized carbons (Fsp3) is 0.917. The first-order valence-corrected chi connectivity index (χ1v) is 6.08. The second-order valence-electron chi connectivity index (χ2n) is 4.59. The zero-order chi connectivity index (χ0) is 11.1. The Bertz CT molecular complexity index is 188. The van der Waals surface area contributed by atoms with Crippen molar-refractivity contribution in [2.75, 3.05) is 19.7 Å². The van der Waals surface area contributed by atoms with E-state index in [0.717, 1.165) is 32.4 Å². The van der Waals surface area contributed by atoms with Crippen LogP contribution in [0.15, 0.2) is 0 Å². The summed E-state index contributed by atoms with van der Waals surface area (Å²) < 4.78 is 5.24. The van der Waals surface area contributed by atoms with E-state index in [1.165, 1.54) is 0 Å². The Kier molecular flexibility index (Phi) is 5.69. The van der Waals surface area contributed by atoms with Crippen molar-refractivity contribution in [3.63, 3.8) is 0 Å². The number of nitrogens with one attached hydrogen (secondary N) is 1. The Morgan fingerprint density at radius 2 is 2.13 bits per heavy atom. The number of hydrogen-bond acceptors (Lipinski definition) is 3. The molecule has 0 spiro atoms. The van der Waals surface area contributed by atoms with Gasteiger partial charge in [0.15, 0.2) is 0 Å². The molecular weight excluding hydrogens is 190 g/mol. The minimum absolute atomic E-state index is 0.0119. The van der Waals surface area contributed by atoms with Gasteiger partial charge in [-0.2, -0.15) is 0 Å². The zero-order valence-electron chi connectivity index (χ0n) is 9.92. The molecule has 0 radical (unpaired) electrons. The van der Waals surface area contributed by atoms with Crippen molar-refractivity contribution in [3.8, 4) is 0 Å². The van der Waals surface area contributed by atoms with Gasteiger partial charge >= 0.3 is 5.97 Å². The predicted molar refractivity (Wildman–Crippen MR) is 60.6 cm³/mol. The molecule has 0 saturated carbocycles. The molecule has 0 amide bonds. The molecular formula is C12H23NO2. The van der Waals surface area contributed by atoms with E-state index < -0.39 is 0 Å². The molecule has 1 rings (SSSR count). The van der Waals surface area contributed by atoms with Crippen LogP contribution in [0.25, 0.3) is 0 Å². The molecule has 3 nitrogen and oxygen atoms in total. The molecule has 15 heavy (non-hydrogen) atoms. The molecule has 88 valence electrons. The van der Waals surface area contributed by atoms with Crippen LogP contribution in [0.4, 0.5) is 0 Å². The third kappa shape index (κ3) is 5.17. The van der Waals surface area contributed by atoms with Crippen LogP contribution in [0.2, 0.25) is 0 Å². The van der Waals surface area contributed by atoms with Crippen molar-refractivity contribution in [2.24, 2.45) is 11.8 Å². The summed E-state index contributed by atoms with van der Waals surface area (Å²) in [6.07, 6.45) is 3.90. The monoisotopic (exact) mass is 213 g/mol. The molecule has 0 aromatic heterocycles. The van der Waals surface area contributed by atoms with Crippen LogP contribution in [0.5, 0.6) is 0 Å². The van der Waals surface area contributed by atoms with E-state index in [2.05, 4.69) is 19.2 Å². The molecule has 1 aliphatic rings. The Morgan fingerprint density at radius 1 is 1.47 bits per heavy atom. The molecule has 0 aromatic rings. The Labute approximate surface area is 92.6 Å². The largest absolute Gasteiger partial charge is 0.465 e. The van der Waals surface area contributed by atoms with Crippen molar-refractivity contribution in [1.82, 2.24) is 5.32 Å². The molecule has 0 aromatic carbocycles. The molecule has 1 unspecified atom stereocenters. The summed E-state index contributed by atoms with van der Waals surface area (Å²) in [5, 5.41) is 3.30. The minimum Gasteiger partial charge on any atom is -0.465 e. The van der Waals surface area contributed by atoms with E-state index in [9.17, 15) is 4.79 Å². The van der Waals surface area contributed by atoms with Gasteiger partial charge in [-0.3, -0.25) is 4.79 Å². The summed E-state index contributed by atoms with van der Waals surface area (Å²) in [6, 6.07) is 0. The topological polar surface area (TPSA) is 38.3 Å². The third-order valence-corrected chi connectivity index (χ3v) is 3.14. The van der Waals surface area contributed by atoms with Gasteiger partial charge in [-0.25, -0.2) is 0 Å². The van der Waals surface area contributed by atoms with Gasteiger partial charge in [-0.1, -0.05) is 20.3 Å². The summed E-state index contributed by atoms with van der Waals surface area (Å²) in [5.41, 5.74) is 0. The van der Waals surface area contributed by atoms with Crippen molar-refractivity contribution >= 4 is 5.97 Å². The lowest BCUT2D eigenvalue weighted by molar-refractivity contribution is -0.146. The normalized spacial score (nSPS) is 19.9. The fourth-order valence-corrected chi connectivity index (χ4v) is 1.73. The van der Waals surface area contributed by atoms with Crippen molar-refractivity contribution in [3.05, 3.63) is 0 Å². The lowest BCUT2D eigenvalue weighted by Gasteiger charge is -2.21. The average Bonchev–Trinajstić information content (AvgIpc) is 2.27. The summed E-state index contributed by atoms with van der Waals surface area (Å²) >= 11 is 0. The van der Waals surface area contributed by atoms with E-state index in [1.54, 1.807) is 0 Å². The molecule has 1 aliphatic heterocycles. The highest BCUT2D eigenvalue weighted by atomic mass is 16.5. The predicted octanol–water partition coefficient (Wildman–Crippen LogP) is 1.97. The second kappa shape index (κ2) is 6.83. The van der Waals surface area contributed by atoms with Crippen LogP contribution < -0.4 is 5.32 Å². The van der Waals surface area contributed by atoms with Crippen LogP contribution in [0.1, 0.15) is 39.5 Å². The Balaban J connectivity index is 2.11. The maximum atomic E-state index is 11.5. The van der Waals surface area contributed by atoms with Gasteiger partial charge in [-0.15, -0.1) is 0 Å². The molecule has 1 atom stereocenters. The molecule has 0 aliphatic carbocycles.